The molecule has 6 heteroatoms. The van der Waals surface area contributed by atoms with Gasteiger partial charge in [-0.3, -0.25) is 0 Å². The molecule has 0 saturated carbocycles. The number of rotatable bonds is 4. The summed E-state index contributed by atoms with van der Waals surface area (Å²) in [5.74, 6) is 0.763. The van der Waals surface area contributed by atoms with E-state index in [1.807, 2.05) is 18.2 Å². The third-order valence-corrected chi connectivity index (χ3v) is 2.55. The summed E-state index contributed by atoms with van der Waals surface area (Å²) in [7, 11) is 1.56. The smallest absolute Gasteiger partial charge is 0.259 e. The lowest BCUT2D eigenvalue weighted by atomic mass is 10.2. The summed E-state index contributed by atoms with van der Waals surface area (Å²) in [5.41, 5.74) is 6.48. The van der Waals surface area contributed by atoms with Crippen LogP contribution in [0.5, 0.6) is 0 Å². The third kappa shape index (κ3) is 2.63. The molecule has 1 atom stereocenters. The first-order chi connectivity index (χ1) is 8.22. The number of hydrogen-bond donors (Lipinski definition) is 1. The minimum Gasteiger partial charge on any atom is -0.383 e. The van der Waals surface area contributed by atoms with Crippen LogP contribution >= 0.6 is 11.6 Å². The van der Waals surface area contributed by atoms with E-state index < -0.39 is 6.04 Å². The number of halogens is 1. The largest absolute Gasteiger partial charge is 0.383 e. The Labute approximate surface area is 104 Å². The van der Waals surface area contributed by atoms with Crippen molar-refractivity contribution in [2.45, 2.75) is 6.04 Å². The topological polar surface area (TPSA) is 74.2 Å². The van der Waals surface area contributed by atoms with Gasteiger partial charge >= 0.3 is 0 Å². The van der Waals surface area contributed by atoms with Crippen molar-refractivity contribution in [3.8, 4) is 11.5 Å². The molecule has 90 valence electrons. The van der Waals surface area contributed by atoms with Crippen LogP contribution in [-0.2, 0) is 4.74 Å². The first-order valence-electron chi connectivity index (χ1n) is 5.05. The van der Waals surface area contributed by atoms with Gasteiger partial charge in [-0.2, -0.15) is 4.98 Å². The molecule has 5 nitrogen and oxygen atoms in total. The molecule has 1 unspecified atom stereocenters. The second-order valence-electron chi connectivity index (χ2n) is 3.50. The van der Waals surface area contributed by atoms with Gasteiger partial charge in [0.25, 0.3) is 5.89 Å². The van der Waals surface area contributed by atoms with E-state index in [4.69, 9.17) is 26.6 Å². The van der Waals surface area contributed by atoms with Crippen LogP contribution in [0.4, 0.5) is 0 Å². The Morgan fingerprint density at radius 1 is 1.47 bits per heavy atom. The van der Waals surface area contributed by atoms with Gasteiger partial charge in [0.1, 0.15) is 0 Å². The van der Waals surface area contributed by atoms with E-state index in [0.29, 0.717) is 28.9 Å². The summed E-state index contributed by atoms with van der Waals surface area (Å²) in [5, 5.41) is 4.36. The number of aromatic nitrogens is 2. The van der Waals surface area contributed by atoms with Gasteiger partial charge in [0.05, 0.1) is 23.2 Å². The summed E-state index contributed by atoms with van der Waals surface area (Å²) in [4.78, 5) is 4.19. The second-order valence-corrected chi connectivity index (χ2v) is 3.91. The molecule has 2 aromatic rings. The van der Waals surface area contributed by atoms with Gasteiger partial charge in [-0.15, -0.1) is 0 Å². The van der Waals surface area contributed by atoms with Gasteiger partial charge in [0.2, 0.25) is 0 Å². The third-order valence-electron chi connectivity index (χ3n) is 2.22. The quantitative estimate of drug-likeness (QED) is 0.903. The molecular formula is C11H12ClN3O2. The van der Waals surface area contributed by atoms with Crippen molar-refractivity contribution in [1.82, 2.24) is 10.1 Å². The van der Waals surface area contributed by atoms with Crippen LogP contribution in [0.2, 0.25) is 5.02 Å². The highest BCUT2D eigenvalue weighted by molar-refractivity contribution is 6.33. The average Bonchev–Trinajstić information content (AvgIpc) is 2.79. The molecular weight excluding hydrogens is 242 g/mol. The zero-order valence-corrected chi connectivity index (χ0v) is 10.0. The first-order valence-corrected chi connectivity index (χ1v) is 5.43. The van der Waals surface area contributed by atoms with Crippen molar-refractivity contribution in [3.63, 3.8) is 0 Å². The van der Waals surface area contributed by atoms with Crippen LogP contribution in [0.1, 0.15) is 11.9 Å². The fraction of sp³-hybridized carbons (Fsp3) is 0.273. The Hall–Kier alpha value is -1.43. The second kappa shape index (κ2) is 5.27. The standard InChI is InChI=1S/C11H12ClN3O2/c1-16-6-9(13)10-14-11(17-15-10)7-4-2-3-5-8(7)12/h2-5,9H,6,13H2,1H3. The minimum atomic E-state index is -0.403. The average molecular weight is 254 g/mol. The molecule has 0 bridgehead atoms. The highest BCUT2D eigenvalue weighted by Gasteiger charge is 2.16. The Morgan fingerprint density at radius 3 is 2.94 bits per heavy atom. The van der Waals surface area contributed by atoms with Crippen molar-refractivity contribution in [3.05, 3.63) is 35.1 Å². The number of methoxy groups -OCH3 is 1. The number of hydrogen-bond acceptors (Lipinski definition) is 5. The molecule has 2 rings (SSSR count). The molecule has 0 aliphatic heterocycles. The van der Waals surface area contributed by atoms with Crippen LogP contribution in [0.3, 0.4) is 0 Å². The molecule has 0 radical (unpaired) electrons. The SMILES string of the molecule is COCC(N)c1noc(-c2ccccc2Cl)n1. The predicted octanol–water partition coefficient (Wildman–Crippen LogP) is 2.04. The Kier molecular flexibility index (Phi) is 3.73. The summed E-state index contributed by atoms with van der Waals surface area (Å²) < 4.78 is 10.0. The number of benzene rings is 1. The van der Waals surface area contributed by atoms with E-state index in [2.05, 4.69) is 10.1 Å². The monoisotopic (exact) mass is 253 g/mol. The molecule has 0 aliphatic rings. The zero-order valence-electron chi connectivity index (χ0n) is 9.26. The van der Waals surface area contributed by atoms with Crippen LogP contribution in [-0.4, -0.2) is 23.9 Å². The molecule has 1 heterocycles. The van der Waals surface area contributed by atoms with Gasteiger partial charge < -0.3 is 15.0 Å². The maximum absolute atomic E-state index is 6.03. The lowest BCUT2D eigenvalue weighted by Gasteiger charge is -2.03. The lowest BCUT2D eigenvalue weighted by Crippen LogP contribution is -2.17. The minimum absolute atomic E-state index is 0.335. The number of ether oxygens (including phenoxy) is 1. The summed E-state index contributed by atoms with van der Waals surface area (Å²) in [6, 6.07) is 6.84. The summed E-state index contributed by atoms with van der Waals surface area (Å²) in [6.45, 7) is 0.335. The van der Waals surface area contributed by atoms with Crippen LogP contribution in [0, 0.1) is 0 Å². The van der Waals surface area contributed by atoms with Gasteiger partial charge in [0.15, 0.2) is 5.82 Å². The molecule has 0 aliphatic carbocycles. The van der Waals surface area contributed by atoms with E-state index in [0.717, 1.165) is 0 Å². The van der Waals surface area contributed by atoms with Gasteiger partial charge in [-0.25, -0.2) is 0 Å². The lowest BCUT2D eigenvalue weighted by molar-refractivity contribution is 0.177. The predicted molar refractivity (Wildman–Crippen MR) is 63.5 cm³/mol. The number of nitrogens with zero attached hydrogens (tertiary/aromatic N) is 2. The Balaban J connectivity index is 2.27. The van der Waals surface area contributed by atoms with E-state index in [1.165, 1.54) is 0 Å². The van der Waals surface area contributed by atoms with E-state index >= 15 is 0 Å². The molecule has 0 spiro atoms. The molecule has 0 fully saturated rings. The maximum Gasteiger partial charge on any atom is 0.259 e. The molecule has 2 N–H and O–H groups in total. The molecule has 17 heavy (non-hydrogen) atoms. The van der Waals surface area contributed by atoms with E-state index in [9.17, 15) is 0 Å². The number of nitrogens with two attached hydrogens (primary N) is 1. The van der Waals surface area contributed by atoms with Gasteiger partial charge in [0, 0.05) is 7.11 Å². The zero-order chi connectivity index (χ0) is 12.3. The molecule has 0 saturated heterocycles. The van der Waals surface area contributed by atoms with E-state index in [-0.39, 0.29) is 0 Å². The van der Waals surface area contributed by atoms with Crippen molar-refractivity contribution >= 4 is 11.6 Å². The highest BCUT2D eigenvalue weighted by atomic mass is 35.5. The van der Waals surface area contributed by atoms with Crippen molar-refractivity contribution in [1.29, 1.82) is 0 Å². The Morgan fingerprint density at radius 2 is 2.24 bits per heavy atom. The van der Waals surface area contributed by atoms with Crippen molar-refractivity contribution in [2.24, 2.45) is 5.73 Å². The highest BCUT2D eigenvalue weighted by Crippen LogP contribution is 2.26. The Bertz CT molecular complexity index is 501. The molecule has 0 amide bonds. The van der Waals surface area contributed by atoms with Gasteiger partial charge in [-0.05, 0) is 12.1 Å². The molecule has 1 aromatic carbocycles. The van der Waals surface area contributed by atoms with E-state index in [1.54, 1.807) is 13.2 Å². The summed E-state index contributed by atoms with van der Waals surface area (Å²) >= 11 is 6.03. The van der Waals surface area contributed by atoms with Crippen molar-refractivity contribution in [2.75, 3.05) is 13.7 Å². The van der Waals surface area contributed by atoms with Crippen LogP contribution in [0.25, 0.3) is 11.5 Å². The van der Waals surface area contributed by atoms with Crippen LogP contribution < -0.4 is 5.73 Å². The summed E-state index contributed by atoms with van der Waals surface area (Å²) in [6.07, 6.45) is 0. The first kappa shape index (κ1) is 12.0. The molecule has 1 aromatic heterocycles. The normalized spacial score (nSPS) is 12.6. The van der Waals surface area contributed by atoms with Crippen LogP contribution in [0.15, 0.2) is 28.8 Å². The van der Waals surface area contributed by atoms with Gasteiger partial charge in [-0.1, -0.05) is 28.9 Å². The fourth-order valence-corrected chi connectivity index (χ4v) is 1.60. The fourth-order valence-electron chi connectivity index (χ4n) is 1.38. The van der Waals surface area contributed by atoms with Crippen molar-refractivity contribution < 1.29 is 9.26 Å². The maximum atomic E-state index is 6.03.